The molecule has 0 saturated heterocycles. The predicted molar refractivity (Wildman–Crippen MR) is 43.3 cm³/mol. The first-order valence-electron chi connectivity index (χ1n) is 3.64. The van der Waals surface area contributed by atoms with Crippen LogP contribution in [0.2, 0.25) is 0 Å². The van der Waals surface area contributed by atoms with Crippen molar-refractivity contribution in [3.05, 3.63) is 35.4 Å². The minimum atomic E-state index is 0.114. The Bertz CT molecular complexity index is 268. The quantitative estimate of drug-likeness (QED) is 0.610. The number of benzene rings is 1. The molecule has 0 unspecified atom stereocenters. The average Bonchev–Trinajstić information content (AvgIpc) is 2.04. The molecular formula is C9H12NO+. The van der Waals surface area contributed by atoms with Gasteiger partial charge in [-0.05, 0) is 12.5 Å². The van der Waals surface area contributed by atoms with E-state index in [0.29, 0.717) is 6.54 Å². The van der Waals surface area contributed by atoms with E-state index in [1.54, 1.807) is 0 Å². The van der Waals surface area contributed by atoms with Gasteiger partial charge in [-0.3, -0.25) is 4.79 Å². The van der Waals surface area contributed by atoms with Crippen molar-refractivity contribution in [2.75, 3.05) is 6.54 Å². The molecule has 1 aromatic carbocycles. The van der Waals surface area contributed by atoms with E-state index in [4.69, 9.17) is 0 Å². The van der Waals surface area contributed by atoms with Crippen molar-refractivity contribution in [2.24, 2.45) is 0 Å². The number of quaternary nitrogens is 1. The number of Topliss-reactive ketones (excluding diaryl/α,β-unsaturated/α-hetero) is 1. The van der Waals surface area contributed by atoms with Gasteiger partial charge in [-0.2, -0.15) is 0 Å². The molecule has 0 radical (unpaired) electrons. The van der Waals surface area contributed by atoms with Gasteiger partial charge in [0, 0.05) is 5.56 Å². The van der Waals surface area contributed by atoms with Crippen molar-refractivity contribution in [1.82, 2.24) is 0 Å². The van der Waals surface area contributed by atoms with E-state index in [1.807, 2.05) is 31.2 Å². The number of rotatable bonds is 2. The minimum Gasteiger partial charge on any atom is -0.351 e. The number of aryl methyl sites for hydroxylation is 1. The van der Waals surface area contributed by atoms with Crippen LogP contribution < -0.4 is 5.73 Å². The van der Waals surface area contributed by atoms with E-state index in [0.717, 1.165) is 11.1 Å². The first-order chi connectivity index (χ1) is 5.25. The van der Waals surface area contributed by atoms with Crippen molar-refractivity contribution >= 4 is 5.78 Å². The van der Waals surface area contributed by atoms with Crippen molar-refractivity contribution in [1.29, 1.82) is 0 Å². The van der Waals surface area contributed by atoms with Crippen LogP contribution in [0.3, 0.4) is 0 Å². The summed E-state index contributed by atoms with van der Waals surface area (Å²) in [7, 11) is 0. The van der Waals surface area contributed by atoms with Gasteiger partial charge in [0.05, 0.1) is 0 Å². The molecule has 0 saturated carbocycles. The van der Waals surface area contributed by atoms with Crippen molar-refractivity contribution < 1.29 is 10.5 Å². The second-order valence-corrected chi connectivity index (χ2v) is 2.49. The Balaban J connectivity index is 3.03. The fourth-order valence-corrected chi connectivity index (χ4v) is 1.02. The predicted octanol–water partition coefficient (Wildman–Crippen LogP) is 0.420. The zero-order chi connectivity index (χ0) is 8.27. The summed E-state index contributed by atoms with van der Waals surface area (Å²) < 4.78 is 0. The summed E-state index contributed by atoms with van der Waals surface area (Å²) in [4.78, 5) is 11.2. The smallest absolute Gasteiger partial charge is 0.216 e. The highest BCUT2D eigenvalue weighted by Gasteiger charge is 2.06. The van der Waals surface area contributed by atoms with Gasteiger partial charge in [0.15, 0.2) is 0 Å². The second kappa shape index (κ2) is 3.30. The van der Waals surface area contributed by atoms with E-state index < -0.39 is 0 Å². The van der Waals surface area contributed by atoms with E-state index in [1.165, 1.54) is 0 Å². The maximum Gasteiger partial charge on any atom is 0.216 e. The third-order valence-electron chi connectivity index (χ3n) is 1.67. The van der Waals surface area contributed by atoms with E-state index >= 15 is 0 Å². The molecule has 0 aromatic heterocycles. The third-order valence-corrected chi connectivity index (χ3v) is 1.67. The maximum absolute atomic E-state index is 11.2. The largest absolute Gasteiger partial charge is 0.351 e. The van der Waals surface area contributed by atoms with Crippen LogP contribution >= 0.6 is 0 Å². The lowest BCUT2D eigenvalue weighted by Gasteiger charge is -1.99. The first kappa shape index (κ1) is 7.95. The van der Waals surface area contributed by atoms with Crippen molar-refractivity contribution in [3.8, 4) is 0 Å². The molecule has 0 spiro atoms. The van der Waals surface area contributed by atoms with Crippen molar-refractivity contribution in [2.45, 2.75) is 6.92 Å². The Morgan fingerprint density at radius 3 is 2.64 bits per heavy atom. The first-order valence-corrected chi connectivity index (χ1v) is 3.64. The van der Waals surface area contributed by atoms with E-state index in [9.17, 15) is 4.79 Å². The molecule has 0 aliphatic rings. The summed E-state index contributed by atoms with van der Waals surface area (Å²) in [6.45, 7) is 2.27. The molecule has 0 bridgehead atoms. The SMILES string of the molecule is Cc1ccccc1C(=O)C[NH3+]. The van der Waals surface area contributed by atoms with Gasteiger partial charge in [-0.25, -0.2) is 0 Å². The Morgan fingerprint density at radius 1 is 1.45 bits per heavy atom. The third kappa shape index (κ3) is 1.65. The Morgan fingerprint density at radius 2 is 2.09 bits per heavy atom. The fraction of sp³-hybridized carbons (Fsp3) is 0.222. The molecule has 1 aromatic rings. The molecule has 1 rings (SSSR count). The van der Waals surface area contributed by atoms with Crippen LogP contribution in [0.4, 0.5) is 0 Å². The number of ketones is 1. The van der Waals surface area contributed by atoms with E-state index in [-0.39, 0.29) is 5.78 Å². The maximum atomic E-state index is 11.2. The molecule has 0 aliphatic heterocycles. The molecule has 0 atom stereocenters. The van der Waals surface area contributed by atoms with Crippen LogP contribution in [-0.4, -0.2) is 12.3 Å². The van der Waals surface area contributed by atoms with Gasteiger partial charge in [-0.15, -0.1) is 0 Å². The minimum absolute atomic E-state index is 0.114. The summed E-state index contributed by atoms with van der Waals surface area (Å²) in [6, 6.07) is 7.57. The zero-order valence-corrected chi connectivity index (χ0v) is 6.63. The highest BCUT2D eigenvalue weighted by molar-refractivity contribution is 5.97. The lowest BCUT2D eigenvalue weighted by molar-refractivity contribution is -0.349. The number of hydrogen-bond acceptors (Lipinski definition) is 1. The summed E-state index contributed by atoms with van der Waals surface area (Å²) >= 11 is 0. The fourth-order valence-electron chi connectivity index (χ4n) is 1.02. The molecule has 0 fully saturated rings. The Kier molecular flexibility index (Phi) is 2.39. The summed E-state index contributed by atoms with van der Waals surface area (Å²) in [5.41, 5.74) is 5.38. The van der Waals surface area contributed by atoms with Crippen LogP contribution in [0.25, 0.3) is 0 Å². The van der Waals surface area contributed by atoms with Gasteiger partial charge >= 0.3 is 0 Å². The normalized spacial score (nSPS) is 9.64. The van der Waals surface area contributed by atoms with Gasteiger partial charge < -0.3 is 5.73 Å². The highest BCUT2D eigenvalue weighted by Crippen LogP contribution is 2.06. The zero-order valence-electron chi connectivity index (χ0n) is 6.63. The van der Waals surface area contributed by atoms with Crippen molar-refractivity contribution in [3.63, 3.8) is 0 Å². The lowest BCUT2D eigenvalue weighted by atomic mass is 10.1. The van der Waals surface area contributed by atoms with Crippen LogP contribution in [0, 0.1) is 6.92 Å². The van der Waals surface area contributed by atoms with Gasteiger partial charge in [0.2, 0.25) is 5.78 Å². The van der Waals surface area contributed by atoms with Gasteiger partial charge in [0.25, 0.3) is 0 Å². The molecule has 0 aliphatic carbocycles. The number of hydrogen-bond donors (Lipinski definition) is 1. The Hall–Kier alpha value is -1.15. The van der Waals surface area contributed by atoms with E-state index in [2.05, 4.69) is 5.73 Å². The number of carbonyl (C=O) groups is 1. The molecule has 2 heteroatoms. The lowest BCUT2D eigenvalue weighted by Crippen LogP contribution is -2.54. The molecule has 0 amide bonds. The Labute approximate surface area is 66.0 Å². The average molecular weight is 150 g/mol. The summed E-state index contributed by atoms with van der Waals surface area (Å²) in [5.74, 6) is 0.114. The summed E-state index contributed by atoms with van der Waals surface area (Å²) in [5, 5.41) is 0. The highest BCUT2D eigenvalue weighted by atomic mass is 16.1. The van der Waals surface area contributed by atoms with Gasteiger partial charge in [0.1, 0.15) is 6.54 Å². The molecule has 2 nitrogen and oxygen atoms in total. The van der Waals surface area contributed by atoms with Crippen LogP contribution in [0.1, 0.15) is 15.9 Å². The number of carbonyl (C=O) groups excluding carboxylic acids is 1. The standard InChI is InChI=1S/C9H11NO/c1-7-4-2-3-5-8(7)9(11)6-10/h2-5H,6,10H2,1H3/p+1. The molecule has 3 N–H and O–H groups in total. The molecule has 58 valence electrons. The molecule has 0 heterocycles. The van der Waals surface area contributed by atoms with Crippen LogP contribution in [-0.2, 0) is 0 Å². The topological polar surface area (TPSA) is 44.7 Å². The summed E-state index contributed by atoms with van der Waals surface area (Å²) in [6.07, 6.45) is 0. The second-order valence-electron chi connectivity index (χ2n) is 2.49. The van der Waals surface area contributed by atoms with Crippen LogP contribution in [0.5, 0.6) is 0 Å². The van der Waals surface area contributed by atoms with Gasteiger partial charge in [-0.1, -0.05) is 24.3 Å². The molecular weight excluding hydrogens is 138 g/mol. The molecule has 11 heavy (non-hydrogen) atoms. The monoisotopic (exact) mass is 150 g/mol. The van der Waals surface area contributed by atoms with Crippen LogP contribution in [0.15, 0.2) is 24.3 Å².